The fraction of sp³-hybridized carbons (Fsp3) is 0.364. The van der Waals surface area contributed by atoms with Gasteiger partial charge in [-0.3, -0.25) is 9.78 Å². The van der Waals surface area contributed by atoms with Crippen LogP contribution in [0, 0.1) is 19.3 Å². The minimum Gasteiger partial charge on any atom is -0.323 e. The molecule has 0 radical (unpaired) electrons. The molecule has 3 rings (SSSR count). The second-order valence-electron chi connectivity index (χ2n) is 5.74. The normalized spacial score (nSPS) is 9.55. The molecule has 0 saturated heterocycles. The van der Waals surface area contributed by atoms with Gasteiger partial charge in [0.2, 0.25) is 0 Å². The molecule has 0 N–H and O–H groups in total. The lowest BCUT2D eigenvalue weighted by Crippen LogP contribution is -2.27. The monoisotopic (exact) mass is 411 g/mol. The minimum absolute atomic E-state index is 0.149. The van der Waals surface area contributed by atoms with Gasteiger partial charge in [0.05, 0.1) is 4.70 Å². The number of carbonyl (C=O) groups is 1. The zero-order valence-electron chi connectivity index (χ0n) is 18.1. The van der Waals surface area contributed by atoms with Crippen LogP contribution in [0.15, 0.2) is 29.5 Å². The number of hydrogen-bond acceptors (Lipinski definition) is 5. The Labute approximate surface area is 177 Å². The molecule has 0 fully saturated rings. The highest BCUT2D eigenvalue weighted by Crippen LogP contribution is 2.31. The number of aryl methyl sites for hydroxylation is 2. The van der Waals surface area contributed by atoms with Crippen LogP contribution in [0.2, 0.25) is 0 Å². The van der Waals surface area contributed by atoms with Gasteiger partial charge in [-0.1, -0.05) is 19.9 Å². The molecule has 0 unspecified atom stereocenters. The van der Waals surface area contributed by atoms with Gasteiger partial charge in [0.25, 0.3) is 5.91 Å². The van der Waals surface area contributed by atoms with Gasteiger partial charge >= 0.3 is 0 Å². The molecule has 7 heteroatoms. The maximum atomic E-state index is 12.6. The average Bonchev–Trinajstić information content (AvgIpc) is 3.24. The highest BCUT2D eigenvalue weighted by Gasteiger charge is 2.24. The van der Waals surface area contributed by atoms with E-state index in [-0.39, 0.29) is 5.91 Å². The molecule has 0 aromatic carbocycles. The Kier molecular flexibility index (Phi) is 9.76. The molecule has 3 aromatic rings. The van der Waals surface area contributed by atoms with Gasteiger partial charge in [0, 0.05) is 38.6 Å². The molecule has 0 bridgehead atoms. The van der Waals surface area contributed by atoms with E-state index in [1.54, 1.807) is 24.5 Å². The number of hydrazone groups is 1. The van der Waals surface area contributed by atoms with Crippen molar-refractivity contribution in [2.75, 3.05) is 6.54 Å². The standard InChI is InChI=1S/C17H19N5OS.C3H4.C2H6/c1-5-22(18-3)17(23)14-11(2)15-16(21(14)4)20-13(24-15)10-12-8-6-7-9-19-12;1-3-2;1-2/h6-9H,3,5,10H2,1-2,4H3;1H,2H3;1-2H3. The van der Waals surface area contributed by atoms with Gasteiger partial charge in [-0.05, 0) is 38.5 Å². The van der Waals surface area contributed by atoms with Gasteiger partial charge in [0.15, 0.2) is 5.65 Å². The van der Waals surface area contributed by atoms with E-state index >= 15 is 0 Å². The number of hydrogen-bond donors (Lipinski definition) is 0. The van der Waals surface area contributed by atoms with Crippen molar-refractivity contribution in [1.29, 1.82) is 0 Å². The molecule has 0 aliphatic heterocycles. The third-order valence-electron chi connectivity index (χ3n) is 3.97. The molecule has 1 amide bonds. The summed E-state index contributed by atoms with van der Waals surface area (Å²) in [5.74, 6) is 2.10. The number of amides is 1. The maximum absolute atomic E-state index is 12.6. The Bertz CT molecular complexity index is 945. The van der Waals surface area contributed by atoms with E-state index in [0.29, 0.717) is 18.7 Å². The summed E-state index contributed by atoms with van der Waals surface area (Å²) in [5, 5.41) is 6.14. The van der Waals surface area contributed by atoms with E-state index in [9.17, 15) is 4.79 Å². The number of rotatable bonds is 5. The Morgan fingerprint density at radius 3 is 2.55 bits per heavy atom. The Morgan fingerprint density at radius 2 is 2.07 bits per heavy atom. The summed E-state index contributed by atoms with van der Waals surface area (Å²) < 4.78 is 2.88. The predicted molar refractivity (Wildman–Crippen MR) is 122 cm³/mol. The van der Waals surface area contributed by atoms with E-state index in [0.717, 1.165) is 26.6 Å². The van der Waals surface area contributed by atoms with E-state index in [1.165, 1.54) is 5.01 Å². The summed E-state index contributed by atoms with van der Waals surface area (Å²) in [4.78, 5) is 21.7. The number of carbonyl (C=O) groups excluding carboxylic acids is 1. The molecule has 0 aliphatic rings. The summed E-state index contributed by atoms with van der Waals surface area (Å²) in [7, 11) is 1.86. The summed E-state index contributed by atoms with van der Waals surface area (Å²) in [6.07, 6.45) is 7.07. The van der Waals surface area contributed by atoms with E-state index < -0.39 is 0 Å². The van der Waals surface area contributed by atoms with E-state index in [4.69, 9.17) is 4.98 Å². The first-order valence-corrected chi connectivity index (χ1v) is 10.3. The highest BCUT2D eigenvalue weighted by atomic mass is 32.1. The van der Waals surface area contributed by atoms with Crippen LogP contribution in [-0.4, -0.2) is 38.7 Å². The second-order valence-corrected chi connectivity index (χ2v) is 6.83. The Morgan fingerprint density at radius 1 is 1.41 bits per heavy atom. The van der Waals surface area contributed by atoms with Gasteiger partial charge in [-0.15, -0.1) is 23.7 Å². The summed E-state index contributed by atoms with van der Waals surface area (Å²) in [5.41, 5.74) is 3.36. The van der Waals surface area contributed by atoms with E-state index in [2.05, 4.69) is 29.1 Å². The molecule has 3 heterocycles. The molecule has 0 spiro atoms. The van der Waals surface area contributed by atoms with Gasteiger partial charge < -0.3 is 4.57 Å². The van der Waals surface area contributed by atoms with Crippen LogP contribution in [0.1, 0.15) is 54.4 Å². The Balaban J connectivity index is 0.000000771. The lowest BCUT2D eigenvalue weighted by Gasteiger charge is -2.15. The molecular formula is C22H29N5OS. The number of aromatic nitrogens is 3. The van der Waals surface area contributed by atoms with Crippen LogP contribution >= 0.6 is 11.3 Å². The fourth-order valence-electron chi connectivity index (χ4n) is 2.76. The first kappa shape index (κ1) is 24.1. The lowest BCUT2D eigenvalue weighted by molar-refractivity contribution is 0.0761. The van der Waals surface area contributed by atoms with Crippen molar-refractivity contribution in [3.63, 3.8) is 0 Å². The number of pyridine rings is 1. The molecular weight excluding hydrogens is 382 g/mol. The summed E-state index contributed by atoms with van der Waals surface area (Å²) in [6, 6.07) is 5.86. The number of terminal acetylenes is 1. The van der Waals surface area contributed by atoms with Crippen LogP contribution in [0.4, 0.5) is 0 Å². The van der Waals surface area contributed by atoms with Gasteiger partial charge in [-0.25, -0.2) is 9.99 Å². The van der Waals surface area contributed by atoms with Crippen molar-refractivity contribution < 1.29 is 4.79 Å². The number of fused-ring (bicyclic) bond motifs is 1. The van der Waals surface area contributed by atoms with Crippen LogP contribution in [0.25, 0.3) is 10.3 Å². The predicted octanol–water partition coefficient (Wildman–Crippen LogP) is 4.67. The summed E-state index contributed by atoms with van der Waals surface area (Å²) in [6.45, 7) is 13.4. The number of thiazole rings is 1. The third kappa shape index (κ3) is 5.52. The van der Waals surface area contributed by atoms with Crippen molar-refractivity contribution in [2.24, 2.45) is 12.1 Å². The molecule has 29 heavy (non-hydrogen) atoms. The average molecular weight is 412 g/mol. The van der Waals surface area contributed by atoms with Crippen LogP contribution in [0.5, 0.6) is 0 Å². The first-order valence-electron chi connectivity index (χ1n) is 9.48. The number of nitrogens with zero attached hydrogens (tertiary/aromatic N) is 5. The van der Waals surface area contributed by atoms with Crippen molar-refractivity contribution in [2.45, 2.75) is 41.0 Å². The summed E-state index contributed by atoms with van der Waals surface area (Å²) >= 11 is 1.61. The molecule has 3 aromatic heterocycles. The van der Waals surface area contributed by atoms with Crippen molar-refractivity contribution in [3.8, 4) is 12.3 Å². The van der Waals surface area contributed by atoms with Crippen molar-refractivity contribution in [3.05, 3.63) is 46.4 Å². The van der Waals surface area contributed by atoms with E-state index in [1.807, 2.05) is 57.5 Å². The van der Waals surface area contributed by atoms with Crippen LogP contribution < -0.4 is 0 Å². The SMILES string of the molecule is C#CC.C=NN(CC)C(=O)c1c(C)c2sc(Cc3ccccn3)nc2n1C.CC. The van der Waals surface area contributed by atoms with Crippen LogP contribution in [-0.2, 0) is 13.5 Å². The molecule has 0 aliphatic carbocycles. The molecule has 0 saturated carbocycles. The largest absolute Gasteiger partial charge is 0.323 e. The minimum atomic E-state index is -0.149. The zero-order chi connectivity index (χ0) is 22.0. The van der Waals surface area contributed by atoms with Crippen molar-refractivity contribution >= 4 is 34.3 Å². The quantitative estimate of drug-likeness (QED) is 0.348. The van der Waals surface area contributed by atoms with Crippen molar-refractivity contribution in [1.82, 2.24) is 19.5 Å². The van der Waals surface area contributed by atoms with Gasteiger partial charge in [-0.2, -0.15) is 5.10 Å². The maximum Gasteiger partial charge on any atom is 0.290 e. The topological polar surface area (TPSA) is 63.4 Å². The first-order chi connectivity index (χ1) is 14.0. The lowest BCUT2D eigenvalue weighted by atomic mass is 10.2. The zero-order valence-corrected chi connectivity index (χ0v) is 18.9. The van der Waals surface area contributed by atoms with Crippen LogP contribution in [0.3, 0.4) is 0 Å². The molecule has 6 nitrogen and oxygen atoms in total. The second kappa shape index (κ2) is 11.8. The molecule has 0 atom stereocenters. The Hall–Kier alpha value is -2.98. The smallest absolute Gasteiger partial charge is 0.290 e. The third-order valence-corrected chi connectivity index (χ3v) is 5.13. The molecule has 154 valence electrons. The highest BCUT2D eigenvalue weighted by molar-refractivity contribution is 7.18. The van der Waals surface area contributed by atoms with Gasteiger partial charge in [0.1, 0.15) is 10.7 Å². The fourth-order valence-corrected chi connectivity index (χ4v) is 3.87.